The van der Waals surface area contributed by atoms with Crippen LogP contribution in [-0.4, -0.2) is 28.6 Å². The highest BCUT2D eigenvalue weighted by atomic mass is 16.2. The highest BCUT2D eigenvalue weighted by molar-refractivity contribution is 5.89. The van der Waals surface area contributed by atoms with Crippen LogP contribution in [0.3, 0.4) is 0 Å². The second kappa shape index (κ2) is 5.01. The van der Waals surface area contributed by atoms with Gasteiger partial charge in [-0.2, -0.15) is 0 Å². The summed E-state index contributed by atoms with van der Waals surface area (Å²) in [6.07, 6.45) is 10.8. The first-order valence-corrected chi connectivity index (χ1v) is 8.61. The van der Waals surface area contributed by atoms with Crippen molar-refractivity contribution >= 4 is 5.91 Å². The van der Waals surface area contributed by atoms with Gasteiger partial charge in [-0.05, 0) is 37.5 Å². The van der Waals surface area contributed by atoms with Crippen LogP contribution in [0.4, 0.5) is 0 Å². The molecule has 20 heavy (non-hydrogen) atoms. The molecule has 1 heterocycles. The molecule has 0 aromatic heterocycles. The lowest BCUT2D eigenvalue weighted by Crippen LogP contribution is -2.49. The number of nitrogens with one attached hydrogen (secondary N) is 1. The lowest BCUT2D eigenvalue weighted by atomic mass is 9.85. The zero-order chi connectivity index (χ0) is 14.4. The van der Waals surface area contributed by atoms with Crippen LogP contribution in [0.25, 0.3) is 0 Å². The van der Waals surface area contributed by atoms with E-state index in [1.165, 1.54) is 32.1 Å². The quantitative estimate of drug-likeness (QED) is 0.857. The number of carbonyl (C=O) groups is 1. The molecule has 0 aromatic carbocycles. The largest absolute Gasteiger partial charge is 0.322 e. The van der Waals surface area contributed by atoms with Gasteiger partial charge >= 0.3 is 0 Å². The van der Waals surface area contributed by atoms with Crippen LogP contribution >= 0.6 is 0 Å². The molecule has 1 aliphatic heterocycles. The molecule has 2 atom stereocenters. The van der Waals surface area contributed by atoms with Crippen LogP contribution in [0.15, 0.2) is 0 Å². The maximum Gasteiger partial charge on any atom is 0.244 e. The van der Waals surface area contributed by atoms with Crippen LogP contribution in [-0.2, 0) is 4.79 Å². The lowest BCUT2D eigenvalue weighted by Gasteiger charge is -2.38. The lowest BCUT2D eigenvalue weighted by molar-refractivity contribution is -0.137. The third-order valence-corrected chi connectivity index (χ3v) is 5.98. The Labute approximate surface area is 123 Å². The molecule has 3 aliphatic rings. The summed E-state index contributed by atoms with van der Waals surface area (Å²) in [5.74, 6) is 0.424. The Morgan fingerprint density at radius 3 is 2.45 bits per heavy atom. The molecule has 3 rings (SSSR count). The van der Waals surface area contributed by atoms with Gasteiger partial charge < -0.3 is 4.90 Å². The van der Waals surface area contributed by atoms with Crippen molar-refractivity contribution in [2.24, 2.45) is 5.41 Å². The average Bonchev–Trinajstić information content (AvgIpc) is 3.04. The fourth-order valence-corrected chi connectivity index (χ4v) is 4.84. The smallest absolute Gasteiger partial charge is 0.244 e. The second-order valence-electron chi connectivity index (χ2n) is 7.85. The van der Waals surface area contributed by atoms with E-state index >= 15 is 0 Å². The fourth-order valence-electron chi connectivity index (χ4n) is 4.84. The molecule has 3 fully saturated rings. The molecular formula is C17H30N2O. The summed E-state index contributed by atoms with van der Waals surface area (Å²) in [5, 5.41) is 3.76. The van der Waals surface area contributed by atoms with Gasteiger partial charge in [-0.25, -0.2) is 0 Å². The van der Waals surface area contributed by atoms with Gasteiger partial charge in [0, 0.05) is 6.04 Å². The van der Waals surface area contributed by atoms with Gasteiger partial charge in [0.25, 0.3) is 0 Å². The molecule has 1 spiro atoms. The van der Waals surface area contributed by atoms with Crippen LogP contribution in [0.2, 0.25) is 0 Å². The minimum Gasteiger partial charge on any atom is -0.322 e. The number of hydrogen-bond donors (Lipinski definition) is 1. The van der Waals surface area contributed by atoms with Gasteiger partial charge in [0.1, 0.15) is 0 Å². The summed E-state index contributed by atoms with van der Waals surface area (Å²) in [6.45, 7) is 6.92. The predicted octanol–water partition coefficient (Wildman–Crippen LogP) is 3.44. The Bertz CT molecular complexity index is 384. The van der Waals surface area contributed by atoms with Crippen molar-refractivity contribution < 1.29 is 4.79 Å². The molecule has 0 bridgehead atoms. The predicted molar refractivity (Wildman–Crippen MR) is 81.3 cm³/mol. The maximum absolute atomic E-state index is 13.2. The van der Waals surface area contributed by atoms with Crippen LogP contribution in [0.1, 0.15) is 78.6 Å². The number of rotatable bonds is 3. The summed E-state index contributed by atoms with van der Waals surface area (Å²) in [5.41, 5.74) is 0.0893. The molecule has 3 nitrogen and oxygen atoms in total. The number of hydrogen-bond acceptors (Lipinski definition) is 2. The Kier molecular flexibility index (Phi) is 3.60. The molecule has 3 heteroatoms. The zero-order valence-corrected chi connectivity index (χ0v) is 13.4. The van der Waals surface area contributed by atoms with E-state index in [2.05, 4.69) is 31.0 Å². The first kappa shape index (κ1) is 14.4. The van der Waals surface area contributed by atoms with Gasteiger partial charge in [0.15, 0.2) is 0 Å². The summed E-state index contributed by atoms with van der Waals surface area (Å²) in [4.78, 5) is 15.4. The minimum absolute atomic E-state index is 0.196. The first-order chi connectivity index (χ1) is 9.50. The van der Waals surface area contributed by atoms with Gasteiger partial charge in [0.05, 0.1) is 11.7 Å². The first-order valence-electron chi connectivity index (χ1n) is 8.61. The number of nitrogens with zero attached hydrogens (tertiary/aromatic N) is 1. The Balaban J connectivity index is 1.88. The highest BCUT2D eigenvalue weighted by Gasteiger charge is 2.56. The van der Waals surface area contributed by atoms with Gasteiger partial charge in [-0.1, -0.05) is 46.5 Å². The molecule has 0 aromatic rings. The summed E-state index contributed by atoms with van der Waals surface area (Å²) in [7, 11) is 0. The SMILES string of the molecule is CCCC1NC2(CCCC2)C(=O)N1C1CCCC1(C)C. The summed E-state index contributed by atoms with van der Waals surface area (Å²) in [6, 6.07) is 0.444. The molecule has 0 radical (unpaired) electrons. The molecule has 2 aliphatic carbocycles. The summed E-state index contributed by atoms with van der Waals surface area (Å²) < 4.78 is 0. The van der Waals surface area contributed by atoms with Gasteiger partial charge in [-0.15, -0.1) is 0 Å². The normalized spacial score (nSPS) is 35.4. The minimum atomic E-state index is -0.196. The number of amides is 1. The van der Waals surface area contributed by atoms with Gasteiger partial charge in [-0.3, -0.25) is 10.1 Å². The number of carbonyl (C=O) groups excluding carboxylic acids is 1. The van der Waals surface area contributed by atoms with Crippen molar-refractivity contribution in [1.29, 1.82) is 0 Å². The monoisotopic (exact) mass is 278 g/mol. The van der Waals surface area contributed by atoms with E-state index in [4.69, 9.17) is 0 Å². The standard InChI is InChI=1S/C17H30N2O/c1-4-8-14-18-17(11-5-6-12-17)15(20)19(14)13-9-7-10-16(13,2)3/h13-14,18H,4-12H2,1-3H3. The van der Waals surface area contributed by atoms with Crippen molar-refractivity contribution in [3.63, 3.8) is 0 Å². The van der Waals surface area contributed by atoms with E-state index in [0.29, 0.717) is 11.9 Å². The zero-order valence-electron chi connectivity index (χ0n) is 13.4. The van der Waals surface area contributed by atoms with Crippen molar-refractivity contribution in [2.45, 2.75) is 96.3 Å². The molecule has 2 saturated carbocycles. The van der Waals surface area contributed by atoms with Crippen molar-refractivity contribution in [1.82, 2.24) is 10.2 Å². The Morgan fingerprint density at radius 1 is 1.20 bits per heavy atom. The molecule has 1 saturated heterocycles. The fraction of sp³-hybridized carbons (Fsp3) is 0.941. The van der Waals surface area contributed by atoms with Crippen LogP contribution < -0.4 is 5.32 Å². The van der Waals surface area contributed by atoms with Crippen molar-refractivity contribution in [3.8, 4) is 0 Å². The molecular weight excluding hydrogens is 248 g/mol. The Hall–Kier alpha value is -0.570. The molecule has 2 unspecified atom stereocenters. The summed E-state index contributed by atoms with van der Waals surface area (Å²) >= 11 is 0. The van der Waals surface area contributed by atoms with Crippen LogP contribution in [0, 0.1) is 5.41 Å². The third-order valence-electron chi connectivity index (χ3n) is 5.98. The van der Waals surface area contributed by atoms with Gasteiger partial charge in [0.2, 0.25) is 5.91 Å². The van der Waals surface area contributed by atoms with Crippen molar-refractivity contribution in [3.05, 3.63) is 0 Å². The van der Waals surface area contributed by atoms with E-state index in [1.807, 2.05) is 0 Å². The third kappa shape index (κ3) is 2.09. The van der Waals surface area contributed by atoms with Crippen LogP contribution in [0.5, 0.6) is 0 Å². The Morgan fingerprint density at radius 2 is 1.90 bits per heavy atom. The second-order valence-corrected chi connectivity index (χ2v) is 7.85. The molecule has 1 amide bonds. The maximum atomic E-state index is 13.2. The van der Waals surface area contributed by atoms with E-state index in [0.717, 1.165) is 25.7 Å². The average molecular weight is 278 g/mol. The molecule has 1 N–H and O–H groups in total. The van der Waals surface area contributed by atoms with E-state index in [9.17, 15) is 4.79 Å². The van der Waals surface area contributed by atoms with E-state index in [1.54, 1.807) is 0 Å². The highest BCUT2D eigenvalue weighted by Crippen LogP contribution is 2.46. The molecule has 114 valence electrons. The topological polar surface area (TPSA) is 32.3 Å². The van der Waals surface area contributed by atoms with E-state index in [-0.39, 0.29) is 17.1 Å². The van der Waals surface area contributed by atoms with Crippen molar-refractivity contribution in [2.75, 3.05) is 0 Å². The van der Waals surface area contributed by atoms with E-state index < -0.39 is 0 Å².